The zero-order valence-electron chi connectivity index (χ0n) is 14.8. The van der Waals surface area contributed by atoms with Gasteiger partial charge in [0.2, 0.25) is 5.88 Å². The Morgan fingerprint density at radius 1 is 1.19 bits per heavy atom. The van der Waals surface area contributed by atoms with Gasteiger partial charge in [-0.1, -0.05) is 12.5 Å². The van der Waals surface area contributed by atoms with Gasteiger partial charge in [0.1, 0.15) is 0 Å². The highest BCUT2D eigenvalue weighted by molar-refractivity contribution is 7.92. The molecule has 2 aliphatic heterocycles. The lowest BCUT2D eigenvalue weighted by atomic mass is 9.91. The monoisotopic (exact) mass is 370 g/mol. The maximum Gasteiger partial charge on any atom is 0.221 e. The molecule has 0 bridgehead atoms. The molecule has 2 aromatic rings. The van der Waals surface area contributed by atoms with Crippen molar-refractivity contribution in [3.05, 3.63) is 42.1 Å². The first kappa shape index (κ1) is 16.3. The molecule has 1 saturated heterocycles. The first-order valence-electron chi connectivity index (χ1n) is 9.21. The summed E-state index contributed by atoms with van der Waals surface area (Å²) in [4.78, 5) is 7.19. The fourth-order valence-electron chi connectivity index (χ4n) is 4.67. The summed E-state index contributed by atoms with van der Waals surface area (Å²) in [5.41, 5.74) is 2.83. The third-order valence-corrected chi connectivity index (χ3v) is 8.53. The van der Waals surface area contributed by atoms with Crippen LogP contribution in [0, 0.1) is 0 Å². The van der Waals surface area contributed by atoms with Gasteiger partial charge in [0, 0.05) is 36.8 Å². The predicted molar refractivity (Wildman–Crippen MR) is 99.2 cm³/mol. The van der Waals surface area contributed by atoms with Crippen molar-refractivity contribution in [3.8, 4) is 17.0 Å². The largest absolute Gasteiger partial charge is 0.481 e. The van der Waals surface area contributed by atoms with Crippen LogP contribution in [0.15, 0.2) is 41.4 Å². The van der Waals surface area contributed by atoms with E-state index in [0.717, 1.165) is 23.2 Å². The minimum atomic E-state index is -3.24. The van der Waals surface area contributed by atoms with E-state index in [1.807, 2.05) is 24.3 Å². The number of aromatic nitrogens is 1. The molecule has 5 nitrogen and oxygen atoms in total. The molecule has 5 rings (SSSR count). The van der Waals surface area contributed by atoms with Crippen molar-refractivity contribution in [1.29, 1.82) is 0 Å². The fraction of sp³-hybridized carbons (Fsp3) is 0.450. The number of hydrogen-bond donors (Lipinski definition) is 0. The zero-order chi connectivity index (χ0) is 17.9. The SMILES string of the molecule is COc1ncccc1-c1ccc2c(c1)[C@@H]1CN(C3CCC3)C[C@H]1S2(=O)=O. The zero-order valence-corrected chi connectivity index (χ0v) is 15.6. The van der Waals surface area contributed by atoms with Crippen molar-refractivity contribution in [2.45, 2.75) is 41.4 Å². The quantitative estimate of drug-likeness (QED) is 0.831. The standard InChI is InChI=1S/C20H22N2O3S/c1-25-20-15(6-3-9-21-20)13-7-8-18-16(10-13)17-11-22(14-4-2-5-14)12-19(17)26(18,23)24/h3,6-10,14,17,19H,2,4-5,11-12H2,1H3/t17-,19+/m0/s1. The Morgan fingerprint density at radius 3 is 2.77 bits per heavy atom. The summed E-state index contributed by atoms with van der Waals surface area (Å²) in [5, 5.41) is -0.288. The first-order valence-corrected chi connectivity index (χ1v) is 10.8. The second-order valence-electron chi connectivity index (χ2n) is 7.54. The number of benzene rings is 1. The molecule has 1 aromatic carbocycles. The molecule has 0 radical (unpaired) electrons. The second-order valence-corrected chi connectivity index (χ2v) is 9.68. The van der Waals surface area contributed by atoms with Crippen LogP contribution in [0.3, 0.4) is 0 Å². The van der Waals surface area contributed by atoms with Crippen molar-refractivity contribution in [2.24, 2.45) is 0 Å². The van der Waals surface area contributed by atoms with E-state index < -0.39 is 9.84 Å². The number of pyridine rings is 1. The molecule has 3 heterocycles. The van der Waals surface area contributed by atoms with Crippen LogP contribution >= 0.6 is 0 Å². The van der Waals surface area contributed by atoms with E-state index in [4.69, 9.17) is 4.74 Å². The van der Waals surface area contributed by atoms with Gasteiger partial charge in [-0.3, -0.25) is 4.90 Å². The Balaban J connectivity index is 1.57. The molecule has 26 heavy (non-hydrogen) atoms. The lowest BCUT2D eigenvalue weighted by Crippen LogP contribution is -2.39. The van der Waals surface area contributed by atoms with Crippen molar-refractivity contribution < 1.29 is 13.2 Å². The molecule has 1 saturated carbocycles. The molecule has 0 spiro atoms. The highest BCUT2D eigenvalue weighted by Crippen LogP contribution is 2.48. The second kappa shape index (κ2) is 5.79. The van der Waals surface area contributed by atoms with E-state index >= 15 is 0 Å². The summed E-state index contributed by atoms with van der Waals surface area (Å²) in [7, 11) is -1.63. The summed E-state index contributed by atoms with van der Waals surface area (Å²) < 4.78 is 31.5. The number of nitrogens with zero attached hydrogens (tertiary/aromatic N) is 2. The predicted octanol–water partition coefficient (Wildman–Crippen LogP) is 2.86. The Hall–Kier alpha value is -1.92. The average molecular weight is 370 g/mol. The first-order chi connectivity index (χ1) is 12.6. The van der Waals surface area contributed by atoms with Gasteiger partial charge in [0.15, 0.2) is 9.84 Å². The molecule has 1 aromatic heterocycles. The van der Waals surface area contributed by atoms with E-state index in [-0.39, 0.29) is 11.2 Å². The number of hydrogen-bond acceptors (Lipinski definition) is 5. The topological polar surface area (TPSA) is 59.5 Å². The number of ether oxygens (including phenoxy) is 1. The number of fused-ring (bicyclic) bond motifs is 3. The van der Waals surface area contributed by atoms with Crippen molar-refractivity contribution in [1.82, 2.24) is 9.88 Å². The van der Waals surface area contributed by atoms with Crippen LogP contribution < -0.4 is 4.74 Å². The van der Waals surface area contributed by atoms with E-state index in [0.29, 0.717) is 23.4 Å². The summed E-state index contributed by atoms with van der Waals surface area (Å²) in [6.45, 7) is 1.53. The maximum atomic E-state index is 13.0. The fourth-order valence-corrected chi connectivity index (χ4v) is 6.84. The minimum absolute atomic E-state index is 0.0817. The number of likely N-dealkylation sites (tertiary alicyclic amines) is 1. The van der Waals surface area contributed by atoms with E-state index in [1.165, 1.54) is 19.3 Å². The Labute approximate surface area is 153 Å². The van der Waals surface area contributed by atoms with Crippen LogP contribution in [-0.2, 0) is 9.84 Å². The van der Waals surface area contributed by atoms with Crippen molar-refractivity contribution in [2.75, 3.05) is 20.2 Å². The summed E-state index contributed by atoms with van der Waals surface area (Å²) >= 11 is 0. The van der Waals surface area contributed by atoms with E-state index in [9.17, 15) is 8.42 Å². The number of rotatable bonds is 3. The average Bonchev–Trinajstić information content (AvgIpc) is 3.12. The van der Waals surface area contributed by atoms with E-state index in [1.54, 1.807) is 19.4 Å². The molecule has 0 amide bonds. The summed E-state index contributed by atoms with van der Waals surface area (Å²) in [6.07, 6.45) is 5.38. The summed E-state index contributed by atoms with van der Waals surface area (Å²) in [6, 6.07) is 10.1. The van der Waals surface area contributed by atoms with Crippen molar-refractivity contribution in [3.63, 3.8) is 0 Å². The minimum Gasteiger partial charge on any atom is -0.481 e. The third kappa shape index (κ3) is 2.25. The highest BCUT2D eigenvalue weighted by Gasteiger charge is 2.51. The Kier molecular flexibility index (Phi) is 3.62. The van der Waals surface area contributed by atoms with Crippen molar-refractivity contribution >= 4 is 9.84 Å². The Morgan fingerprint density at radius 2 is 2.04 bits per heavy atom. The van der Waals surface area contributed by atoms with E-state index in [2.05, 4.69) is 9.88 Å². The van der Waals surface area contributed by atoms with Gasteiger partial charge >= 0.3 is 0 Å². The van der Waals surface area contributed by atoms with Crippen LogP contribution in [0.1, 0.15) is 30.7 Å². The van der Waals surface area contributed by atoms with Gasteiger partial charge in [-0.05, 0) is 48.2 Å². The normalized spacial score (nSPS) is 27.0. The molecule has 2 atom stereocenters. The lowest BCUT2D eigenvalue weighted by Gasteiger charge is -2.35. The van der Waals surface area contributed by atoms with Gasteiger partial charge in [-0.15, -0.1) is 0 Å². The molecule has 6 heteroatoms. The molecule has 136 valence electrons. The molecule has 2 fully saturated rings. The van der Waals surface area contributed by atoms with Gasteiger partial charge in [0.25, 0.3) is 0 Å². The number of sulfone groups is 1. The van der Waals surface area contributed by atoms with Gasteiger partial charge in [-0.25, -0.2) is 13.4 Å². The summed E-state index contributed by atoms with van der Waals surface area (Å²) in [5.74, 6) is 0.644. The van der Waals surface area contributed by atoms with Crippen LogP contribution in [0.25, 0.3) is 11.1 Å². The number of methoxy groups -OCH3 is 1. The molecular formula is C20H22N2O3S. The van der Waals surface area contributed by atoms with Gasteiger partial charge in [-0.2, -0.15) is 0 Å². The smallest absolute Gasteiger partial charge is 0.221 e. The molecule has 3 aliphatic rings. The van der Waals surface area contributed by atoms with Crippen LogP contribution in [0.2, 0.25) is 0 Å². The lowest BCUT2D eigenvalue weighted by molar-refractivity contribution is 0.157. The molecular weight excluding hydrogens is 348 g/mol. The van der Waals surface area contributed by atoms with Crippen LogP contribution in [0.4, 0.5) is 0 Å². The highest BCUT2D eigenvalue weighted by atomic mass is 32.2. The maximum absolute atomic E-state index is 13.0. The molecule has 0 N–H and O–H groups in total. The van der Waals surface area contributed by atoms with Gasteiger partial charge < -0.3 is 4.74 Å². The molecule has 0 unspecified atom stereocenters. The third-order valence-electron chi connectivity index (χ3n) is 6.28. The van der Waals surface area contributed by atoms with Crippen LogP contribution in [-0.4, -0.2) is 49.8 Å². The van der Waals surface area contributed by atoms with Gasteiger partial charge in [0.05, 0.1) is 17.3 Å². The molecule has 1 aliphatic carbocycles. The Bertz CT molecular complexity index is 969. The van der Waals surface area contributed by atoms with Crippen LogP contribution in [0.5, 0.6) is 5.88 Å².